The molecule has 2 N–H and O–H groups in total. The molecule has 3 rings (SSSR count). The lowest BCUT2D eigenvalue weighted by atomic mass is 10.1. The minimum Gasteiger partial charge on any atom is -0.482 e. The average Bonchev–Trinajstić information content (AvgIpc) is 2.72. The number of carbonyl (C=O) groups is 2. The van der Waals surface area contributed by atoms with Gasteiger partial charge in [0.1, 0.15) is 5.75 Å². The molecule has 2 aromatic carbocycles. The van der Waals surface area contributed by atoms with Gasteiger partial charge in [0.15, 0.2) is 6.61 Å². The number of carbonyl (C=O) groups excluding carboxylic acids is 2. The highest BCUT2D eigenvalue weighted by molar-refractivity contribution is 6.32. The molecule has 0 aliphatic rings. The number of halogens is 1. The standard InChI is InChI=1S/C21H18ClN3O3/c22-17-8-2-4-10-19(17)28-14-20(26)25-18-9-3-1-7-16(18)21(27)24-13-15-6-5-11-23-12-15/h1-12H,13-14H2,(H,24,27)(H,25,26). The van der Waals surface area contributed by atoms with Crippen LogP contribution in [0.4, 0.5) is 5.69 Å². The first-order chi connectivity index (χ1) is 13.6. The molecule has 0 atom stereocenters. The third-order valence-corrected chi connectivity index (χ3v) is 4.13. The van der Waals surface area contributed by atoms with E-state index in [1.807, 2.05) is 6.07 Å². The smallest absolute Gasteiger partial charge is 0.262 e. The summed E-state index contributed by atoms with van der Waals surface area (Å²) in [6.45, 7) is 0.111. The van der Waals surface area contributed by atoms with E-state index in [1.165, 1.54) is 0 Å². The average molecular weight is 396 g/mol. The number of benzene rings is 2. The van der Waals surface area contributed by atoms with Crippen molar-refractivity contribution >= 4 is 29.1 Å². The summed E-state index contributed by atoms with van der Waals surface area (Å²) in [5, 5.41) is 5.94. The van der Waals surface area contributed by atoms with Crippen LogP contribution in [0.15, 0.2) is 73.1 Å². The molecule has 6 nitrogen and oxygen atoms in total. The van der Waals surface area contributed by atoms with E-state index in [0.29, 0.717) is 28.6 Å². The normalized spacial score (nSPS) is 10.2. The Balaban J connectivity index is 1.60. The number of anilines is 1. The van der Waals surface area contributed by atoms with Gasteiger partial charge in [-0.25, -0.2) is 0 Å². The number of hydrogen-bond acceptors (Lipinski definition) is 4. The van der Waals surface area contributed by atoms with Crippen molar-refractivity contribution < 1.29 is 14.3 Å². The van der Waals surface area contributed by atoms with E-state index in [1.54, 1.807) is 67.0 Å². The van der Waals surface area contributed by atoms with Crippen molar-refractivity contribution in [3.63, 3.8) is 0 Å². The van der Waals surface area contributed by atoms with Gasteiger partial charge in [-0.3, -0.25) is 14.6 Å². The molecule has 0 aliphatic heterocycles. The van der Waals surface area contributed by atoms with Crippen LogP contribution in [0.25, 0.3) is 0 Å². The summed E-state index contributed by atoms with van der Waals surface area (Å²) in [5.41, 5.74) is 1.64. The molecule has 28 heavy (non-hydrogen) atoms. The van der Waals surface area contributed by atoms with Crippen molar-refractivity contribution in [2.75, 3.05) is 11.9 Å². The molecule has 142 valence electrons. The summed E-state index contributed by atoms with van der Waals surface area (Å²) in [6.07, 6.45) is 3.35. The van der Waals surface area contributed by atoms with Gasteiger partial charge in [-0.1, -0.05) is 41.9 Å². The molecule has 0 unspecified atom stereocenters. The quantitative estimate of drug-likeness (QED) is 0.639. The third-order valence-electron chi connectivity index (χ3n) is 3.82. The Morgan fingerprint density at radius 2 is 1.79 bits per heavy atom. The van der Waals surface area contributed by atoms with E-state index in [4.69, 9.17) is 16.3 Å². The summed E-state index contributed by atoms with van der Waals surface area (Å²) in [6, 6.07) is 17.3. The van der Waals surface area contributed by atoms with Crippen molar-refractivity contribution in [3.8, 4) is 5.75 Å². The maximum absolute atomic E-state index is 12.5. The summed E-state index contributed by atoms with van der Waals surface area (Å²) in [5.74, 6) is -0.277. The SMILES string of the molecule is O=C(COc1ccccc1Cl)Nc1ccccc1C(=O)NCc1cccnc1. The monoisotopic (exact) mass is 395 g/mol. The number of aromatic nitrogens is 1. The molecule has 0 aliphatic carbocycles. The molecule has 0 saturated heterocycles. The van der Waals surface area contributed by atoms with Gasteiger partial charge in [-0.2, -0.15) is 0 Å². The largest absolute Gasteiger partial charge is 0.482 e. The minimum absolute atomic E-state index is 0.227. The van der Waals surface area contributed by atoms with E-state index in [-0.39, 0.29) is 12.5 Å². The van der Waals surface area contributed by atoms with Crippen molar-refractivity contribution in [3.05, 3.63) is 89.2 Å². The second-order valence-corrected chi connectivity index (χ2v) is 6.26. The molecule has 3 aromatic rings. The molecule has 0 radical (unpaired) electrons. The Kier molecular flexibility index (Phi) is 6.59. The zero-order valence-corrected chi connectivity index (χ0v) is 15.6. The first-order valence-electron chi connectivity index (χ1n) is 8.57. The number of para-hydroxylation sites is 2. The Morgan fingerprint density at radius 1 is 1.00 bits per heavy atom. The molecule has 1 aromatic heterocycles. The number of nitrogens with zero attached hydrogens (tertiary/aromatic N) is 1. The highest BCUT2D eigenvalue weighted by atomic mass is 35.5. The van der Waals surface area contributed by atoms with E-state index in [9.17, 15) is 9.59 Å². The van der Waals surface area contributed by atoms with Crippen molar-refractivity contribution in [1.82, 2.24) is 10.3 Å². The van der Waals surface area contributed by atoms with Crippen LogP contribution in [-0.2, 0) is 11.3 Å². The van der Waals surface area contributed by atoms with Crippen LogP contribution in [0.2, 0.25) is 5.02 Å². The predicted molar refractivity (Wildman–Crippen MR) is 107 cm³/mol. The number of rotatable bonds is 7. The van der Waals surface area contributed by atoms with E-state index in [0.717, 1.165) is 5.56 Å². The van der Waals surface area contributed by atoms with Crippen molar-refractivity contribution in [2.45, 2.75) is 6.54 Å². The summed E-state index contributed by atoms with van der Waals surface area (Å²) < 4.78 is 5.42. The number of nitrogens with one attached hydrogen (secondary N) is 2. The lowest BCUT2D eigenvalue weighted by molar-refractivity contribution is -0.118. The first-order valence-corrected chi connectivity index (χ1v) is 8.94. The fraction of sp³-hybridized carbons (Fsp3) is 0.0952. The summed E-state index contributed by atoms with van der Waals surface area (Å²) in [7, 11) is 0. The van der Waals surface area contributed by atoms with Crippen molar-refractivity contribution in [2.24, 2.45) is 0 Å². The number of amides is 2. The molecule has 2 amide bonds. The molecule has 0 spiro atoms. The number of pyridine rings is 1. The highest BCUT2D eigenvalue weighted by Gasteiger charge is 2.13. The Hall–Kier alpha value is -3.38. The van der Waals surface area contributed by atoms with E-state index >= 15 is 0 Å². The summed E-state index contributed by atoms with van der Waals surface area (Å²) in [4.78, 5) is 28.8. The van der Waals surface area contributed by atoms with Crippen LogP contribution < -0.4 is 15.4 Å². The third kappa shape index (κ3) is 5.31. The Morgan fingerprint density at radius 3 is 2.57 bits per heavy atom. The highest BCUT2D eigenvalue weighted by Crippen LogP contribution is 2.23. The Bertz CT molecular complexity index is 964. The number of hydrogen-bond donors (Lipinski definition) is 2. The van der Waals surface area contributed by atoms with Gasteiger partial charge in [0, 0.05) is 18.9 Å². The fourth-order valence-electron chi connectivity index (χ4n) is 2.46. The van der Waals surface area contributed by atoms with Gasteiger partial charge in [-0.15, -0.1) is 0 Å². The van der Waals surface area contributed by atoms with Gasteiger partial charge in [0.25, 0.3) is 11.8 Å². The van der Waals surface area contributed by atoms with Gasteiger partial charge in [-0.05, 0) is 35.9 Å². The van der Waals surface area contributed by atoms with Gasteiger partial charge in [0.2, 0.25) is 0 Å². The molecule has 1 heterocycles. The molecule has 0 fully saturated rings. The Labute approximate surface area is 167 Å². The van der Waals surface area contributed by atoms with Crippen LogP contribution in [0, 0.1) is 0 Å². The lowest BCUT2D eigenvalue weighted by Crippen LogP contribution is -2.26. The summed E-state index contributed by atoms with van der Waals surface area (Å²) >= 11 is 6.01. The van der Waals surface area contributed by atoms with Gasteiger partial charge >= 0.3 is 0 Å². The fourth-order valence-corrected chi connectivity index (χ4v) is 2.65. The zero-order chi connectivity index (χ0) is 19.8. The molecule has 7 heteroatoms. The second-order valence-electron chi connectivity index (χ2n) is 5.86. The van der Waals surface area contributed by atoms with Crippen LogP contribution in [-0.4, -0.2) is 23.4 Å². The predicted octanol–water partition coefficient (Wildman–Crippen LogP) is 3.68. The molecular formula is C21H18ClN3O3. The van der Waals surface area contributed by atoms with Crippen LogP contribution >= 0.6 is 11.6 Å². The minimum atomic E-state index is -0.396. The maximum Gasteiger partial charge on any atom is 0.262 e. The van der Waals surface area contributed by atoms with Crippen LogP contribution in [0.5, 0.6) is 5.75 Å². The topological polar surface area (TPSA) is 80.3 Å². The van der Waals surface area contributed by atoms with E-state index < -0.39 is 5.91 Å². The van der Waals surface area contributed by atoms with Crippen LogP contribution in [0.1, 0.15) is 15.9 Å². The van der Waals surface area contributed by atoms with Crippen LogP contribution in [0.3, 0.4) is 0 Å². The molecule has 0 bridgehead atoms. The second kappa shape index (κ2) is 9.53. The lowest BCUT2D eigenvalue weighted by Gasteiger charge is -2.12. The van der Waals surface area contributed by atoms with Gasteiger partial charge in [0.05, 0.1) is 16.3 Å². The first kappa shape index (κ1) is 19.4. The molecular weight excluding hydrogens is 378 g/mol. The van der Waals surface area contributed by atoms with Crippen molar-refractivity contribution in [1.29, 1.82) is 0 Å². The number of ether oxygens (including phenoxy) is 1. The zero-order valence-electron chi connectivity index (χ0n) is 14.9. The van der Waals surface area contributed by atoms with Gasteiger partial charge < -0.3 is 15.4 Å². The molecule has 0 saturated carbocycles. The van der Waals surface area contributed by atoms with E-state index in [2.05, 4.69) is 15.6 Å². The maximum atomic E-state index is 12.5.